The summed E-state index contributed by atoms with van der Waals surface area (Å²) in [7, 11) is 0. The number of fused-ring (bicyclic) bond motifs is 6. The van der Waals surface area contributed by atoms with Crippen molar-refractivity contribution in [2.24, 2.45) is 0 Å². The number of ether oxygens (including phenoxy) is 12. The summed E-state index contributed by atoms with van der Waals surface area (Å²) in [6.07, 6.45) is 24.4. The van der Waals surface area contributed by atoms with Crippen molar-refractivity contribution < 1.29 is 85.6 Å². The number of hydrogen-bond acceptors (Lipinski definition) is 18. The van der Waals surface area contributed by atoms with Crippen LogP contribution in [0.1, 0.15) is 258 Å². The molecule has 0 amide bonds. The summed E-state index contributed by atoms with van der Waals surface area (Å²) >= 11 is 0. The second kappa shape index (κ2) is 45.3. The third-order valence-electron chi connectivity index (χ3n) is 19.5. The molecule has 0 spiro atoms. The van der Waals surface area contributed by atoms with Gasteiger partial charge in [0.15, 0.2) is 34.5 Å². The second-order valence-electron chi connectivity index (χ2n) is 28.4. The van der Waals surface area contributed by atoms with E-state index < -0.39 is 35.8 Å². The molecular formula is C96H108O18. The van der Waals surface area contributed by atoms with Gasteiger partial charge in [-0.15, -0.1) is 0 Å². The first kappa shape index (κ1) is 85.0. The molecule has 0 heterocycles. The van der Waals surface area contributed by atoms with E-state index in [0.717, 1.165) is 135 Å². The molecule has 0 radical (unpaired) electrons. The topological polar surface area (TPSA) is 213 Å². The van der Waals surface area contributed by atoms with Crippen LogP contribution in [0.4, 0.5) is 0 Å². The third kappa shape index (κ3) is 24.6. The minimum absolute atomic E-state index is 0.0143. The summed E-state index contributed by atoms with van der Waals surface area (Å²) in [5, 5.41) is 0.544. The van der Waals surface area contributed by atoms with E-state index in [0.29, 0.717) is 74.1 Å². The number of unbranched alkanes of at least 4 members (excludes halogenated alkanes) is 18. The molecule has 114 heavy (non-hydrogen) atoms. The summed E-state index contributed by atoms with van der Waals surface area (Å²) in [5.74, 6) is -3.88. The van der Waals surface area contributed by atoms with Crippen molar-refractivity contribution in [3.63, 3.8) is 0 Å². The van der Waals surface area contributed by atoms with E-state index in [9.17, 15) is 14.4 Å². The SMILES string of the molecule is CCCCCCCCOc1ccc(C(=O)Oc2ccc3c4c(OC(=O)c5ccc(OCCCCCC)cc5)c(OC(=O)c5ccc(OCCCCCC)cc5)ccc4c4c(OC(=O)c5ccc(OCCCC)cc5)c(OC(=O)c5ccc(OCCCC)cc5)ccc4c3c2OC(=O)c2ccc(OCCCCCCCC)cc2)cc1. The van der Waals surface area contributed by atoms with Gasteiger partial charge < -0.3 is 56.8 Å². The fourth-order valence-electron chi connectivity index (χ4n) is 13.0. The maximum Gasteiger partial charge on any atom is 0.343 e. The van der Waals surface area contributed by atoms with Crippen molar-refractivity contribution in [1.29, 1.82) is 0 Å². The lowest BCUT2D eigenvalue weighted by Gasteiger charge is -2.22. The molecule has 18 heteroatoms. The molecule has 0 saturated heterocycles. The Kier molecular flexibility index (Phi) is 33.8. The molecule has 0 unspecified atom stereocenters. The second-order valence-corrected chi connectivity index (χ2v) is 28.4. The van der Waals surface area contributed by atoms with Crippen molar-refractivity contribution in [2.75, 3.05) is 39.6 Å². The highest BCUT2D eigenvalue weighted by molar-refractivity contribution is 6.31. The summed E-state index contributed by atoms with van der Waals surface area (Å²) < 4.78 is 75.6. The molecule has 10 rings (SSSR count). The largest absolute Gasteiger partial charge is 0.494 e. The molecule has 0 bridgehead atoms. The van der Waals surface area contributed by atoms with E-state index >= 15 is 14.4 Å². The van der Waals surface area contributed by atoms with Gasteiger partial charge in [0, 0.05) is 16.2 Å². The number of hydrogen-bond donors (Lipinski definition) is 0. The van der Waals surface area contributed by atoms with Crippen molar-refractivity contribution in [2.45, 2.75) is 196 Å². The molecule has 0 N–H and O–H groups in total. The van der Waals surface area contributed by atoms with Gasteiger partial charge in [0.05, 0.1) is 73.0 Å². The van der Waals surface area contributed by atoms with Gasteiger partial charge in [-0.25, -0.2) is 28.8 Å². The van der Waals surface area contributed by atoms with Crippen molar-refractivity contribution in [1.82, 2.24) is 0 Å². The molecule has 0 atom stereocenters. The standard InChI is InChI=1S/C96H108O18/c1-7-13-19-23-25-29-65-107-76-47-35-69(36-48-76)93(99)111-84-60-57-81-86-80(56-59-83(110-92(98)68-33-45-75(46-34-68)105-63-27-21-15-9-3)89(86)113-95(101)71-39-51-77(52-40-71)106-64-28-22-16-10-4)85-79(87(81)90(84)114-96(102)72-41-53-78(54-42-72)108-66-30-26-24-20-14-8-2)55-58-82(109-91(97)67-31-43-73(44-32-67)103-61-17-11-5)88(85)112-94(100)70-37-49-74(50-38-70)104-62-18-12-6/h31-60H,7-30,61-66H2,1-6H3. The first-order chi connectivity index (χ1) is 55.8. The molecule has 0 saturated carbocycles. The molecule has 10 aromatic carbocycles. The Labute approximate surface area is 669 Å². The van der Waals surface area contributed by atoms with Crippen LogP contribution in [0.5, 0.6) is 69.0 Å². The van der Waals surface area contributed by atoms with Gasteiger partial charge in [0.1, 0.15) is 34.5 Å². The Morgan fingerprint density at radius 1 is 0.193 bits per heavy atom. The summed E-state index contributed by atoms with van der Waals surface area (Å²) in [4.78, 5) is 90.5. The van der Waals surface area contributed by atoms with E-state index in [1.807, 2.05) is 0 Å². The van der Waals surface area contributed by atoms with Gasteiger partial charge in [-0.3, -0.25) is 0 Å². The smallest absolute Gasteiger partial charge is 0.343 e. The molecule has 0 aliphatic heterocycles. The van der Waals surface area contributed by atoms with Crippen LogP contribution in [0.15, 0.2) is 182 Å². The van der Waals surface area contributed by atoms with Gasteiger partial charge in [-0.1, -0.05) is 157 Å². The predicted molar refractivity (Wildman–Crippen MR) is 445 cm³/mol. The number of esters is 6. The molecule has 0 aromatic heterocycles. The lowest BCUT2D eigenvalue weighted by Crippen LogP contribution is -2.15. The number of rotatable bonds is 48. The Hall–Kier alpha value is -11.4. The van der Waals surface area contributed by atoms with Crippen molar-refractivity contribution >= 4 is 68.1 Å². The fourth-order valence-corrected chi connectivity index (χ4v) is 13.0. The summed E-state index contributed by atoms with van der Waals surface area (Å²) in [6.45, 7) is 15.6. The monoisotopic (exact) mass is 1550 g/mol. The quantitative estimate of drug-likeness (QED) is 0.0150. The summed E-state index contributed by atoms with van der Waals surface area (Å²) in [5.41, 5.74) is 0.571. The van der Waals surface area contributed by atoms with Crippen molar-refractivity contribution in [3.05, 3.63) is 215 Å². The van der Waals surface area contributed by atoms with E-state index in [-0.39, 0.29) is 100 Å². The number of benzene rings is 10. The Morgan fingerprint density at radius 2 is 0.368 bits per heavy atom. The Balaban J connectivity index is 1.20. The van der Waals surface area contributed by atoms with Crippen LogP contribution in [0.2, 0.25) is 0 Å². The molecular weight excluding hydrogens is 1440 g/mol. The zero-order chi connectivity index (χ0) is 80.2. The summed E-state index contributed by atoms with van der Waals surface area (Å²) in [6, 6.07) is 47.8. The van der Waals surface area contributed by atoms with Gasteiger partial charge in [-0.2, -0.15) is 0 Å². The van der Waals surface area contributed by atoms with Crippen LogP contribution in [0, 0.1) is 0 Å². The van der Waals surface area contributed by atoms with Crippen LogP contribution < -0.4 is 56.8 Å². The third-order valence-corrected chi connectivity index (χ3v) is 19.5. The Morgan fingerprint density at radius 3 is 0.579 bits per heavy atom. The van der Waals surface area contributed by atoms with Gasteiger partial charge in [-0.05, 0) is 237 Å². The molecule has 0 aliphatic rings. The van der Waals surface area contributed by atoms with Crippen molar-refractivity contribution in [3.8, 4) is 69.0 Å². The van der Waals surface area contributed by atoms with Crippen LogP contribution in [0.3, 0.4) is 0 Å². The fraction of sp³-hybridized carbons (Fsp3) is 0.375. The average molecular weight is 1550 g/mol. The van der Waals surface area contributed by atoms with Crippen LogP contribution in [-0.4, -0.2) is 75.5 Å². The maximum absolute atomic E-state index is 15.3. The highest BCUT2D eigenvalue weighted by Crippen LogP contribution is 2.53. The number of carbonyl (C=O) groups is 6. The van der Waals surface area contributed by atoms with Gasteiger partial charge in [0.25, 0.3) is 0 Å². The molecule has 0 fully saturated rings. The van der Waals surface area contributed by atoms with E-state index in [1.54, 1.807) is 164 Å². The zero-order valence-electron chi connectivity index (χ0n) is 66.9. The van der Waals surface area contributed by atoms with E-state index in [4.69, 9.17) is 56.8 Å². The minimum atomic E-state index is -0.909. The maximum atomic E-state index is 15.3. The molecule has 10 aromatic rings. The van der Waals surface area contributed by atoms with Crippen LogP contribution in [-0.2, 0) is 0 Å². The zero-order valence-corrected chi connectivity index (χ0v) is 66.9. The normalized spacial score (nSPS) is 11.1. The minimum Gasteiger partial charge on any atom is -0.494 e. The first-order valence-corrected chi connectivity index (χ1v) is 41.0. The van der Waals surface area contributed by atoms with Crippen LogP contribution >= 0.6 is 0 Å². The highest BCUT2D eigenvalue weighted by atomic mass is 16.6. The lowest BCUT2D eigenvalue weighted by molar-refractivity contribution is 0.0684. The number of carbonyl (C=O) groups excluding carboxylic acids is 6. The van der Waals surface area contributed by atoms with Gasteiger partial charge in [0.2, 0.25) is 0 Å². The average Bonchev–Trinajstić information content (AvgIpc) is 0.709. The molecule has 18 nitrogen and oxygen atoms in total. The van der Waals surface area contributed by atoms with Crippen LogP contribution in [0.25, 0.3) is 32.3 Å². The molecule has 0 aliphatic carbocycles. The van der Waals surface area contributed by atoms with E-state index in [1.165, 1.54) is 37.5 Å². The first-order valence-electron chi connectivity index (χ1n) is 41.0. The van der Waals surface area contributed by atoms with Gasteiger partial charge >= 0.3 is 35.8 Å². The Bertz CT molecular complexity index is 4680. The molecule has 600 valence electrons. The lowest BCUT2D eigenvalue weighted by atomic mass is 9.91. The van der Waals surface area contributed by atoms with E-state index in [2.05, 4.69) is 41.5 Å². The predicted octanol–water partition coefficient (Wildman–Crippen LogP) is 24.2. The highest BCUT2D eigenvalue weighted by Gasteiger charge is 2.31.